The van der Waals surface area contributed by atoms with Crippen molar-refractivity contribution in [1.29, 1.82) is 0 Å². The fourth-order valence-corrected chi connectivity index (χ4v) is 8.64. The maximum Gasteiger partial charge on any atom is 0.255 e. The lowest BCUT2D eigenvalue weighted by Crippen LogP contribution is -2.54. The molecule has 2 atom stereocenters. The Kier molecular flexibility index (Phi) is 8.96. The highest BCUT2D eigenvalue weighted by atomic mass is 35.5. The molecule has 3 aliphatic rings. The summed E-state index contributed by atoms with van der Waals surface area (Å²) in [7, 11) is 0. The Morgan fingerprint density at radius 3 is 2.60 bits per heavy atom. The summed E-state index contributed by atoms with van der Waals surface area (Å²) >= 11 is 7.81. The molecule has 1 fully saturated rings. The summed E-state index contributed by atoms with van der Waals surface area (Å²) in [5, 5.41) is 15.0. The molecule has 3 aromatic heterocycles. The number of anilines is 1. The van der Waals surface area contributed by atoms with Crippen molar-refractivity contribution in [3.8, 4) is 16.8 Å². The number of halogens is 1. The highest BCUT2D eigenvalue weighted by Gasteiger charge is 2.43. The number of imide groups is 1. The predicted octanol–water partition coefficient (Wildman–Crippen LogP) is 5.64. The number of aromatic nitrogens is 5. The van der Waals surface area contributed by atoms with Crippen molar-refractivity contribution in [2.45, 2.75) is 71.6 Å². The number of rotatable bonds is 7. The van der Waals surface area contributed by atoms with Gasteiger partial charge < -0.3 is 10.6 Å². The highest BCUT2D eigenvalue weighted by molar-refractivity contribution is 7.15. The zero-order valence-electron chi connectivity index (χ0n) is 29.5. The van der Waals surface area contributed by atoms with Crippen molar-refractivity contribution in [3.05, 3.63) is 110 Å². The topological polar surface area (TPSA) is 145 Å². The second kappa shape index (κ2) is 13.8. The quantitative estimate of drug-likeness (QED) is 0.0983. The van der Waals surface area contributed by atoms with Gasteiger partial charge in [0.15, 0.2) is 5.82 Å². The van der Waals surface area contributed by atoms with E-state index in [0.717, 1.165) is 55.1 Å². The van der Waals surface area contributed by atoms with Gasteiger partial charge in [0, 0.05) is 65.2 Å². The minimum atomic E-state index is -0.677. The molecular weight excluding hydrogens is 710 g/mol. The molecule has 5 aromatic rings. The molecule has 6 heterocycles. The number of amides is 3. The summed E-state index contributed by atoms with van der Waals surface area (Å²) in [6.45, 7) is 7.20. The van der Waals surface area contributed by atoms with E-state index < -0.39 is 6.04 Å². The van der Waals surface area contributed by atoms with E-state index in [9.17, 15) is 14.4 Å². The largest absolute Gasteiger partial charge is 0.398 e. The molecule has 3 amide bonds. The number of hydrogen-bond donors (Lipinski definition) is 1. The second-order valence-corrected chi connectivity index (χ2v) is 15.0. The van der Waals surface area contributed by atoms with Crippen LogP contribution in [0.15, 0.2) is 59.9 Å². The SMILES string of the molecule is Cc1c(C#Cc2cnn(CCCCN3C(=O)CCC(N4Cc5c(N)cccc5C4=O)C3=O)c2)sc2c1C(c1ccc(Cl)cc1)=N[C@@H](C)c1nnc(C)n1-2. The number of carbonyl (C=O) groups is 3. The fraction of sp³-hybridized carbons (Fsp3) is 0.308. The van der Waals surface area contributed by atoms with E-state index in [2.05, 4.69) is 38.6 Å². The summed E-state index contributed by atoms with van der Waals surface area (Å²) in [6, 6.07) is 12.1. The minimum absolute atomic E-state index is 0.196. The number of fused-ring (bicyclic) bond motifs is 4. The van der Waals surface area contributed by atoms with Crippen LogP contribution in [-0.4, -0.2) is 70.4 Å². The van der Waals surface area contributed by atoms with Crippen LogP contribution in [0, 0.1) is 25.7 Å². The van der Waals surface area contributed by atoms with E-state index in [1.807, 2.05) is 49.0 Å². The molecule has 0 saturated carbocycles. The molecule has 14 heteroatoms. The molecule has 1 saturated heterocycles. The number of piperidine rings is 1. The van der Waals surface area contributed by atoms with Gasteiger partial charge in [-0.2, -0.15) is 5.10 Å². The number of aliphatic imine (C=N–C) groups is 1. The lowest BCUT2D eigenvalue weighted by atomic mass is 9.99. The normalized spacial score (nSPS) is 18.0. The van der Waals surface area contributed by atoms with E-state index in [-0.39, 0.29) is 43.3 Å². The van der Waals surface area contributed by atoms with E-state index in [1.165, 1.54) is 4.90 Å². The van der Waals surface area contributed by atoms with Gasteiger partial charge in [-0.1, -0.05) is 41.6 Å². The van der Waals surface area contributed by atoms with Gasteiger partial charge in [0.05, 0.1) is 22.3 Å². The number of nitrogen functional groups attached to an aromatic ring is 1. The number of unbranched alkanes of at least 4 members (excludes halogenated alkanes) is 1. The average Bonchev–Trinajstić information content (AvgIpc) is 3.90. The van der Waals surface area contributed by atoms with Crippen LogP contribution in [0.3, 0.4) is 0 Å². The third-order valence-corrected chi connectivity index (χ3v) is 11.5. The Bertz CT molecular complexity index is 2400. The van der Waals surface area contributed by atoms with Crippen LogP contribution < -0.4 is 5.73 Å². The van der Waals surface area contributed by atoms with Crippen molar-refractivity contribution >= 4 is 52.1 Å². The Balaban J connectivity index is 0.937. The lowest BCUT2D eigenvalue weighted by Gasteiger charge is -2.35. The highest BCUT2D eigenvalue weighted by Crippen LogP contribution is 2.39. The summed E-state index contributed by atoms with van der Waals surface area (Å²) in [6.07, 6.45) is 5.48. The lowest BCUT2D eigenvalue weighted by molar-refractivity contribution is -0.152. The number of thiophene rings is 1. The molecule has 12 nitrogen and oxygen atoms in total. The summed E-state index contributed by atoms with van der Waals surface area (Å²) in [5.74, 6) is 7.50. The van der Waals surface area contributed by atoms with Gasteiger partial charge in [0.1, 0.15) is 22.9 Å². The maximum absolute atomic E-state index is 13.5. The minimum Gasteiger partial charge on any atom is -0.398 e. The predicted molar refractivity (Wildman–Crippen MR) is 202 cm³/mol. The van der Waals surface area contributed by atoms with Crippen molar-refractivity contribution < 1.29 is 14.4 Å². The monoisotopic (exact) mass is 745 g/mol. The van der Waals surface area contributed by atoms with Gasteiger partial charge in [-0.25, -0.2) is 0 Å². The Hall–Kier alpha value is -5.58. The van der Waals surface area contributed by atoms with E-state index in [1.54, 1.807) is 40.6 Å². The first-order valence-corrected chi connectivity index (χ1v) is 18.7. The van der Waals surface area contributed by atoms with Crippen LogP contribution in [0.2, 0.25) is 5.02 Å². The number of likely N-dealkylation sites (tertiary alicyclic amines) is 1. The molecule has 0 aliphatic carbocycles. The average molecular weight is 746 g/mol. The van der Waals surface area contributed by atoms with Gasteiger partial charge in [-0.05, 0) is 69.9 Å². The Morgan fingerprint density at radius 2 is 1.81 bits per heavy atom. The summed E-state index contributed by atoms with van der Waals surface area (Å²) in [5.41, 5.74) is 12.5. The number of nitrogens with two attached hydrogens (primary N) is 1. The van der Waals surface area contributed by atoms with E-state index >= 15 is 0 Å². The van der Waals surface area contributed by atoms with Gasteiger partial charge in [-0.15, -0.1) is 21.5 Å². The number of carbonyl (C=O) groups excluding carboxylic acids is 3. The third kappa shape index (κ3) is 6.21. The van der Waals surface area contributed by atoms with Crippen molar-refractivity contribution in [2.24, 2.45) is 4.99 Å². The molecule has 2 aromatic carbocycles. The zero-order chi connectivity index (χ0) is 37.0. The molecule has 53 heavy (non-hydrogen) atoms. The number of nitrogens with zero attached hydrogens (tertiary/aromatic N) is 8. The molecule has 0 radical (unpaired) electrons. The summed E-state index contributed by atoms with van der Waals surface area (Å²) in [4.78, 5) is 48.3. The molecule has 8 rings (SSSR count). The fourth-order valence-electron chi connectivity index (χ4n) is 7.30. The number of benzene rings is 2. The standard InChI is InChI=1S/C39H36ClN9O3S/c1-22-32(53-39-34(22)35(26-10-12-27(40)13-11-26)43-23(2)36-45-44-24(3)49(36)39)15-9-25-19-42-46(20-25)17-4-5-18-47-33(50)16-14-31(38(47)52)48-21-29-28(37(48)51)7-6-8-30(29)41/h6-8,10-13,19-20,23,31H,4-5,14,16-18,21,41H2,1-3H3/t23-,31?/m0/s1. The van der Waals surface area contributed by atoms with Crippen LogP contribution in [0.1, 0.15) is 93.4 Å². The first-order chi connectivity index (χ1) is 25.6. The molecule has 0 spiro atoms. The maximum atomic E-state index is 13.5. The van der Waals surface area contributed by atoms with E-state index in [0.29, 0.717) is 42.1 Å². The molecular formula is C39H36ClN9O3S. The Labute approximate surface area is 315 Å². The van der Waals surface area contributed by atoms with Crippen molar-refractivity contribution in [1.82, 2.24) is 34.3 Å². The zero-order valence-corrected chi connectivity index (χ0v) is 31.0. The van der Waals surface area contributed by atoms with Crippen LogP contribution in [-0.2, 0) is 22.7 Å². The van der Waals surface area contributed by atoms with Gasteiger partial charge in [-0.3, -0.25) is 33.5 Å². The number of hydrogen-bond acceptors (Lipinski definition) is 9. The number of aryl methyl sites for hydroxylation is 2. The first-order valence-electron chi connectivity index (χ1n) is 17.6. The first kappa shape index (κ1) is 34.5. The van der Waals surface area contributed by atoms with Crippen LogP contribution >= 0.6 is 22.9 Å². The van der Waals surface area contributed by atoms with E-state index in [4.69, 9.17) is 22.3 Å². The molecule has 0 bridgehead atoms. The van der Waals surface area contributed by atoms with Crippen LogP contribution in [0.25, 0.3) is 5.00 Å². The van der Waals surface area contributed by atoms with Crippen molar-refractivity contribution in [2.75, 3.05) is 12.3 Å². The summed E-state index contributed by atoms with van der Waals surface area (Å²) < 4.78 is 3.91. The van der Waals surface area contributed by atoms with Gasteiger partial charge in [0.2, 0.25) is 5.91 Å². The molecule has 268 valence electrons. The second-order valence-electron chi connectivity index (χ2n) is 13.5. The van der Waals surface area contributed by atoms with Crippen LogP contribution in [0.4, 0.5) is 5.69 Å². The van der Waals surface area contributed by atoms with Gasteiger partial charge in [0.25, 0.3) is 11.8 Å². The molecule has 3 aliphatic heterocycles. The third-order valence-electron chi connectivity index (χ3n) is 10.1. The van der Waals surface area contributed by atoms with Gasteiger partial charge >= 0.3 is 0 Å². The van der Waals surface area contributed by atoms with Crippen LogP contribution in [0.5, 0.6) is 0 Å². The molecule has 2 N–H and O–H groups in total. The smallest absolute Gasteiger partial charge is 0.255 e. The van der Waals surface area contributed by atoms with Crippen molar-refractivity contribution in [3.63, 3.8) is 0 Å². The Morgan fingerprint density at radius 1 is 1.02 bits per heavy atom. The molecule has 1 unspecified atom stereocenters.